The van der Waals surface area contributed by atoms with Crippen molar-refractivity contribution in [2.45, 2.75) is 238 Å². The second-order valence-electron chi connectivity index (χ2n) is 28.7. The summed E-state index contributed by atoms with van der Waals surface area (Å²) >= 11 is 0. The molecule has 612 valence electrons. The van der Waals surface area contributed by atoms with Crippen LogP contribution in [0.3, 0.4) is 0 Å². The highest BCUT2D eigenvalue weighted by Crippen LogP contribution is 2.42. The van der Waals surface area contributed by atoms with E-state index in [1.807, 2.05) is 9.97 Å². The normalized spacial score (nSPS) is 34.7. The first-order valence-corrected chi connectivity index (χ1v) is 36.8. The van der Waals surface area contributed by atoms with Gasteiger partial charge in [-0.05, 0) is 71.1 Å². The first-order valence-electron chi connectivity index (χ1n) is 36.8. The van der Waals surface area contributed by atoms with Crippen LogP contribution in [0, 0.1) is 23.7 Å². The molecular weight excluding hydrogens is 1450 g/mol. The molecule has 42 heteroatoms. The zero-order chi connectivity index (χ0) is 78.9. The Morgan fingerprint density at radius 2 is 1.13 bits per heavy atom. The molecule has 0 spiro atoms. The number of amides is 6. The molecule has 0 aromatic carbocycles. The minimum absolute atomic E-state index is 0.0222. The molecule has 9 rings (SSSR count). The molecule has 23 N–H and O–H groups in total. The van der Waals surface area contributed by atoms with Gasteiger partial charge in [0.2, 0.25) is 23.6 Å². The minimum atomic E-state index is -2.00. The number of aliphatic hydroxyl groups excluding tert-OH is 8. The number of ether oxygens (including phenoxy) is 10. The van der Waals surface area contributed by atoms with Crippen LogP contribution >= 0.6 is 0 Å². The molecule has 2 aromatic heterocycles. The van der Waals surface area contributed by atoms with E-state index in [-0.39, 0.29) is 77.0 Å². The first kappa shape index (κ1) is 85.8. The van der Waals surface area contributed by atoms with Gasteiger partial charge >= 0.3 is 17.3 Å². The van der Waals surface area contributed by atoms with Crippen molar-refractivity contribution in [2.75, 3.05) is 65.8 Å². The number of carboxylic acid groups (broad SMARTS) is 1. The lowest BCUT2D eigenvalue weighted by molar-refractivity contribution is -0.335. The molecule has 42 nitrogen and oxygen atoms in total. The zero-order valence-corrected chi connectivity index (χ0v) is 60.3. The fraction of sp³-hybridized carbons (Fsp3) is 0.776. The van der Waals surface area contributed by atoms with Crippen LogP contribution in [0.1, 0.15) is 118 Å². The summed E-state index contributed by atoms with van der Waals surface area (Å²) in [6.07, 6.45) is -25.8. The fourth-order valence-electron chi connectivity index (χ4n) is 15.3. The van der Waals surface area contributed by atoms with Crippen LogP contribution < -0.4 is 65.9 Å². The van der Waals surface area contributed by atoms with Gasteiger partial charge in [0.05, 0.1) is 81.2 Å². The third-order valence-electron chi connectivity index (χ3n) is 20.7. The first-order chi connectivity index (χ1) is 52.1. The molecule has 3 aliphatic carbocycles. The molecule has 109 heavy (non-hydrogen) atoms. The Balaban J connectivity index is 0.942. The number of hydrogen-bond donors (Lipinski definition) is 21. The van der Waals surface area contributed by atoms with E-state index in [0.717, 1.165) is 31.4 Å². The number of carbonyl (C=O) groups is 7. The second kappa shape index (κ2) is 40.4. The van der Waals surface area contributed by atoms with E-state index in [9.17, 15) is 98.7 Å². The van der Waals surface area contributed by atoms with Gasteiger partial charge in [0.1, 0.15) is 85.6 Å². The maximum Gasteiger partial charge on any atom is 0.332 e. The Morgan fingerprint density at radius 3 is 1.70 bits per heavy atom. The number of aromatic nitrogens is 4. The third kappa shape index (κ3) is 23.0. The summed E-state index contributed by atoms with van der Waals surface area (Å²) in [7, 11) is 0. The number of nitrogens with two attached hydrogens (primary N) is 2. The third-order valence-corrected chi connectivity index (χ3v) is 20.7. The van der Waals surface area contributed by atoms with Crippen LogP contribution in [0.2, 0.25) is 0 Å². The van der Waals surface area contributed by atoms with Crippen LogP contribution in [0.25, 0.3) is 0 Å². The summed E-state index contributed by atoms with van der Waals surface area (Å²) < 4.78 is 61.9. The van der Waals surface area contributed by atoms with E-state index in [2.05, 4.69) is 41.9 Å². The van der Waals surface area contributed by atoms with Crippen molar-refractivity contribution >= 4 is 41.4 Å². The van der Waals surface area contributed by atoms with Crippen molar-refractivity contribution in [1.29, 1.82) is 0 Å². The van der Waals surface area contributed by atoms with Crippen LogP contribution in [-0.2, 0) is 71.3 Å². The van der Waals surface area contributed by atoms with Crippen LogP contribution in [0.4, 0.5) is 0 Å². The molecule has 6 heterocycles. The van der Waals surface area contributed by atoms with E-state index in [1.54, 1.807) is 6.92 Å². The van der Waals surface area contributed by atoms with Gasteiger partial charge in [-0.1, -0.05) is 32.1 Å². The Hall–Kier alpha value is -7.15. The molecular formula is C67H104N12O30. The van der Waals surface area contributed by atoms with E-state index in [4.69, 9.17) is 58.8 Å². The number of aromatic amines is 4. The van der Waals surface area contributed by atoms with Gasteiger partial charge in [0.15, 0.2) is 25.0 Å². The summed E-state index contributed by atoms with van der Waals surface area (Å²) in [6, 6.07) is -4.02. The summed E-state index contributed by atoms with van der Waals surface area (Å²) in [4.78, 5) is 156. The van der Waals surface area contributed by atoms with Gasteiger partial charge in [-0.2, -0.15) is 0 Å². The summed E-state index contributed by atoms with van der Waals surface area (Å²) in [5, 5.41) is 116. The summed E-state index contributed by atoms with van der Waals surface area (Å²) in [6.45, 7) is -0.933. The largest absolute Gasteiger partial charge is 0.479 e. The van der Waals surface area contributed by atoms with Crippen molar-refractivity contribution in [1.82, 2.24) is 51.8 Å². The Kier molecular flexibility index (Phi) is 31.8. The van der Waals surface area contributed by atoms with Gasteiger partial charge in [0, 0.05) is 56.1 Å². The van der Waals surface area contributed by atoms with Crippen LogP contribution in [-0.4, -0.2) is 314 Å². The second-order valence-corrected chi connectivity index (χ2v) is 28.7. The molecule has 0 radical (unpaired) electrons. The Labute approximate surface area is 622 Å². The molecule has 0 bridgehead atoms. The lowest BCUT2D eigenvalue weighted by Gasteiger charge is -2.50. The number of rotatable bonds is 33. The number of aliphatic carboxylic acids is 1. The maximum atomic E-state index is 14.4. The van der Waals surface area contributed by atoms with E-state index >= 15 is 0 Å². The van der Waals surface area contributed by atoms with Gasteiger partial charge < -0.3 is 147 Å². The number of carbonyl (C=O) groups excluding carboxylic acids is 6. The Bertz CT molecular complexity index is 3550. The highest BCUT2D eigenvalue weighted by molar-refractivity contribution is 5.93. The number of hydrogen-bond acceptors (Lipinski definition) is 31. The van der Waals surface area contributed by atoms with Crippen molar-refractivity contribution in [3.63, 3.8) is 0 Å². The SMILES string of the molecule is C[C@@H]1O[C@@H](O[C@@H]2[C@@H](NC(=O)c3cc(=O)[nH]c(=O)[nH]3)C[C@@H](C(=O)NCCN)C[C@H]2O[C@@H]2O[C@H](CO)[C@H](O)[C@H](O[C@@H](CC3CCCCC3)C(=O)O)[C@H]2NC(=O)COCCOCC(=O)N[C@@H]2C[C@@H](O)[C@@H](CO)OC2[C@@H]2C[C@H](C(=O)NCCN)C[C@H](NC(=O)c3cc(=O)[nH]c(=O)[nH]3)[C@H]2O[C@@H]2O[C@@H](C)CC[C@@H]2O)[C@@H](O)[C@H](O)[C@@H]1O. The molecule has 7 aliphatic rings. The summed E-state index contributed by atoms with van der Waals surface area (Å²) in [5.41, 5.74) is 6.53. The molecule has 6 amide bonds. The lowest BCUT2D eigenvalue weighted by atomic mass is 9.70. The van der Waals surface area contributed by atoms with Crippen LogP contribution in [0.5, 0.6) is 0 Å². The van der Waals surface area contributed by atoms with E-state index < -0.39 is 273 Å². The topological polar surface area (TPSA) is 650 Å². The van der Waals surface area contributed by atoms with Crippen molar-refractivity contribution in [3.05, 3.63) is 65.2 Å². The predicted molar refractivity (Wildman–Crippen MR) is 369 cm³/mol. The van der Waals surface area contributed by atoms with Gasteiger partial charge in [-0.15, -0.1) is 0 Å². The molecule has 26 atom stereocenters. The number of nitrogens with one attached hydrogen (secondary N) is 10. The van der Waals surface area contributed by atoms with E-state index in [1.165, 1.54) is 6.92 Å². The number of aliphatic hydroxyl groups is 8. The number of carboxylic acids is 1. The number of H-pyrrole nitrogens is 4. The molecule has 7 fully saturated rings. The smallest absolute Gasteiger partial charge is 0.332 e. The molecule has 4 saturated heterocycles. The molecule has 4 aliphatic heterocycles. The molecule has 2 aromatic rings. The fourth-order valence-corrected chi connectivity index (χ4v) is 15.3. The Morgan fingerprint density at radius 1 is 0.560 bits per heavy atom. The zero-order valence-electron chi connectivity index (χ0n) is 60.3. The average molecular weight is 1560 g/mol. The quantitative estimate of drug-likeness (QED) is 0.0295. The standard InChI is InChI=1S/C67H104N12O30/c1-28-8-9-39(82)63(102-28)108-55-33(17-31(58(92)70-12-10-68)18-34(55)73-60(94)37-22-45(84)78-66(98)75-37)54-36(21-40(83)43(24-80)105-54)72-47(86)26-100-14-15-101-27-48(87)77-49-57(104-42(62(96)97)16-30-6-4-3-5-7-30)51(89)44(25-81)107-64(49)106-41-20-32(59(93)71-13-11-69)19-35(74-61(95)38-23-46(85)79-67(99)76-38)56(41)109-65-53(91)52(90)50(88)29(2)103-65/h22-23,28-36,39-44,49-57,63-65,80-83,88-91H,3-21,24-27,68-69H2,1-2H3,(H,70,92)(H,71,93)(H,72,86)(H,73,94)(H,74,95)(H,77,87)(H,96,97)(H2,75,78,84,98)(H2,76,79,85,99)/t28-,29-,31-,32+,33-,34-,35-,36+,39-,40+,41+,42-,43+,44+,49+,50+,51-,52+,53-,54?,55-,56+,57+,63-,64+,65-/m0/s1. The summed E-state index contributed by atoms with van der Waals surface area (Å²) in [5.74, 6) is -9.83. The average Bonchev–Trinajstić information content (AvgIpc) is 0.762. The molecule has 1 unspecified atom stereocenters. The predicted octanol–water partition coefficient (Wildman–Crippen LogP) is -8.81. The van der Waals surface area contributed by atoms with Crippen molar-refractivity contribution in [3.8, 4) is 0 Å². The van der Waals surface area contributed by atoms with Crippen LogP contribution in [0.15, 0.2) is 31.3 Å². The van der Waals surface area contributed by atoms with Gasteiger partial charge in [0.25, 0.3) is 22.9 Å². The maximum absolute atomic E-state index is 14.4. The van der Waals surface area contributed by atoms with E-state index in [0.29, 0.717) is 19.3 Å². The monoisotopic (exact) mass is 1560 g/mol. The molecule has 3 saturated carbocycles. The highest BCUT2D eigenvalue weighted by atomic mass is 16.7. The lowest BCUT2D eigenvalue weighted by Crippen LogP contribution is -2.68. The minimum Gasteiger partial charge on any atom is -0.479 e. The van der Waals surface area contributed by atoms with Gasteiger partial charge in [-0.3, -0.25) is 48.3 Å². The highest BCUT2D eigenvalue weighted by Gasteiger charge is 2.56. The van der Waals surface area contributed by atoms with Crippen molar-refractivity contribution < 1.29 is 127 Å². The van der Waals surface area contributed by atoms with Crippen molar-refractivity contribution in [2.24, 2.45) is 35.1 Å². The van der Waals surface area contributed by atoms with Gasteiger partial charge in [-0.25, -0.2) is 14.4 Å².